The number of halogens is 1. The first-order valence-corrected chi connectivity index (χ1v) is 13.9. The molecular weight excluding hydrogens is 535 g/mol. The summed E-state index contributed by atoms with van der Waals surface area (Å²) in [6.07, 6.45) is 0.997. The van der Waals surface area contributed by atoms with Gasteiger partial charge in [0, 0.05) is 55.0 Å². The second-order valence-corrected chi connectivity index (χ2v) is 10.8. The van der Waals surface area contributed by atoms with E-state index in [9.17, 15) is 18.8 Å². The van der Waals surface area contributed by atoms with E-state index in [4.69, 9.17) is 4.74 Å². The van der Waals surface area contributed by atoms with E-state index in [0.717, 1.165) is 29.9 Å². The third-order valence-corrected chi connectivity index (χ3v) is 8.05. The molecule has 2 aliphatic rings. The number of nitrogens with zero attached hydrogens (tertiary/aromatic N) is 2. The zero-order chi connectivity index (χ0) is 29.2. The first kappa shape index (κ1) is 27.3. The molecule has 3 heterocycles. The summed E-state index contributed by atoms with van der Waals surface area (Å²) in [5.74, 6) is 0.142. The fourth-order valence-corrected chi connectivity index (χ4v) is 5.97. The normalized spacial score (nSPS) is 17.2. The molecule has 0 aliphatic carbocycles. The van der Waals surface area contributed by atoms with Gasteiger partial charge < -0.3 is 24.8 Å². The van der Waals surface area contributed by atoms with E-state index in [2.05, 4.69) is 15.5 Å². The molecule has 0 radical (unpaired) electrons. The summed E-state index contributed by atoms with van der Waals surface area (Å²) in [4.78, 5) is 41.2. The molecule has 9 heteroatoms. The Morgan fingerprint density at radius 3 is 2.43 bits per heavy atom. The van der Waals surface area contributed by atoms with E-state index in [1.165, 1.54) is 12.1 Å². The fourth-order valence-electron chi connectivity index (χ4n) is 5.97. The Labute approximate surface area is 242 Å². The summed E-state index contributed by atoms with van der Waals surface area (Å²) in [5.41, 5.74) is 4.01. The van der Waals surface area contributed by atoms with Gasteiger partial charge in [0.25, 0.3) is 17.4 Å². The standard InChI is InChI=1S/C33H31FN4O4/c1-42-27-12-7-23(8-13-27)33(41)36-28-16-24(32(40)35-17-21-5-10-26(34)11-6-21)9-14-30(28)37-18-22-15-25(20-37)29-3-2-4-31(39)38(29)19-22/h2-14,16,22,25H,15,17-20H2,1H3,(H,35,40)(H,36,41)/t22-,25+/m1/s1. The van der Waals surface area contributed by atoms with Crippen LogP contribution < -0.4 is 25.8 Å². The minimum atomic E-state index is -0.338. The zero-order valence-corrected chi connectivity index (χ0v) is 23.2. The van der Waals surface area contributed by atoms with Gasteiger partial charge in [0.05, 0.1) is 18.5 Å². The van der Waals surface area contributed by atoms with Gasteiger partial charge in [-0.3, -0.25) is 14.4 Å². The Bertz CT molecular complexity index is 1680. The third kappa shape index (κ3) is 5.63. The summed E-state index contributed by atoms with van der Waals surface area (Å²) in [7, 11) is 1.57. The van der Waals surface area contributed by atoms with Crippen LogP contribution in [0.4, 0.5) is 15.8 Å². The summed E-state index contributed by atoms with van der Waals surface area (Å²) >= 11 is 0. The highest BCUT2D eigenvalue weighted by molar-refractivity contribution is 6.07. The van der Waals surface area contributed by atoms with Crippen LogP contribution in [0.25, 0.3) is 0 Å². The number of pyridine rings is 1. The number of rotatable bonds is 7. The molecule has 1 saturated heterocycles. The number of hydrogen-bond donors (Lipinski definition) is 2. The van der Waals surface area contributed by atoms with E-state index < -0.39 is 0 Å². The smallest absolute Gasteiger partial charge is 0.255 e. The first-order valence-electron chi connectivity index (χ1n) is 13.9. The van der Waals surface area contributed by atoms with Crippen molar-refractivity contribution in [3.63, 3.8) is 0 Å². The van der Waals surface area contributed by atoms with Crippen LogP contribution in [0.2, 0.25) is 0 Å². The summed E-state index contributed by atoms with van der Waals surface area (Å²) in [6.45, 7) is 2.29. The van der Waals surface area contributed by atoms with Crippen LogP contribution in [-0.4, -0.2) is 36.6 Å². The molecule has 4 aromatic rings. The fraction of sp³-hybridized carbons (Fsp3) is 0.242. The molecule has 6 rings (SSSR count). The number of methoxy groups -OCH3 is 1. The van der Waals surface area contributed by atoms with Gasteiger partial charge in [0.15, 0.2) is 0 Å². The maximum absolute atomic E-state index is 13.3. The Hall–Kier alpha value is -4.92. The number of amides is 2. The van der Waals surface area contributed by atoms with Crippen molar-refractivity contribution in [2.75, 3.05) is 30.4 Å². The third-order valence-electron chi connectivity index (χ3n) is 8.05. The SMILES string of the molecule is COc1ccc(C(=O)Nc2cc(C(=O)NCc3ccc(F)cc3)ccc2N2C[C@H]3C[C@@H](C2)c2cccc(=O)n2C3)cc1. The van der Waals surface area contributed by atoms with Crippen molar-refractivity contribution in [3.05, 3.63) is 123 Å². The Balaban J connectivity index is 1.28. The monoisotopic (exact) mass is 566 g/mol. The summed E-state index contributed by atoms with van der Waals surface area (Å²) in [5, 5.41) is 5.91. The van der Waals surface area contributed by atoms with Crippen molar-refractivity contribution in [1.82, 2.24) is 9.88 Å². The topological polar surface area (TPSA) is 92.7 Å². The number of hydrogen-bond acceptors (Lipinski definition) is 5. The van der Waals surface area contributed by atoms with E-state index in [1.54, 1.807) is 61.7 Å². The molecule has 214 valence electrons. The van der Waals surface area contributed by atoms with Crippen LogP contribution in [0.3, 0.4) is 0 Å². The van der Waals surface area contributed by atoms with E-state index in [0.29, 0.717) is 35.7 Å². The van der Waals surface area contributed by atoms with Crippen molar-refractivity contribution in [2.24, 2.45) is 5.92 Å². The second kappa shape index (κ2) is 11.5. The molecule has 2 bridgehead atoms. The van der Waals surface area contributed by atoms with Crippen LogP contribution in [0.15, 0.2) is 89.7 Å². The molecule has 2 aliphatic heterocycles. The lowest BCUT2D eigenvalue weighted by Gasteiger charge is -2.44. The van der Waals surface area contributed by atoms with Crippen molar-refractivity contribution in [1.29, 1.82) is 0 Å². The number of benzene rings is 3. The van der Waals surface area contributed by atoms with Gasteiger partial charge in [-0.15, -0.1) is 0 Å². The molecule has 1 fully saturated rings. The predicted molar refractivity (Wildman–Crippen MR) is 159 cm³/mol. The van der Waals surface area contributed by atoms with Crippen molar-refractivity contribution in [3.8, 4) is 5.75 Å². The van der Waals surface area contributed by atoms with Gasteiger partial charge in [0.2, 0.25) is 0 Å². The number of piperidine rings is 1. The molecule has 8 nitrogen and oxygen atoms in total. The summed E-state index contributed by atoms with van der Waals surface area (Å²) < 4.78 is 20.4. The molecule has 0 saturated carbocycles. The maximum Gasteiger partial charge on any atom is 0.255 e. The first-order chi connectivity index (χ1) is 20.4. The largest absolute Gasteiger partial charge is 0.497 e. The van der Waals surface area contributed by atoms with Gasteiger partial charge >= 0.3 is 0 Å². The highest BCUT2D eigenvalue weighted by atomic mass is 19.1. The number of carbonyl (C=O) groups is 2. The molecule has 1 aromatic heterocycles. The van der Waals surface area contributed by atoms with Gasteiger partial charge in [-0.2, -0.15) is 0 Å². The molecule has 0 unspecified atom stereocenters. The lowest BCUT2D eigenvalue weighted by molar-refractivity contribution is 0.0949. The average molecular weight is 567 g/mol. The van der Waals surface area contributed by atoms with Crippen molar-refractivity contribution in [2.45, 2.75) is 25.4 Å². The number of nitrogens with one attached hydrogen (secondary N) is 2. The Morgan fingerprint density at radius 2 is 1.67 bits per heavy atom. The van der Waals surface area contributed by atoms with Gasteiger partial charge in [0.1, 0.15) is 11.6 Å². The highest BCUT2D eigenvalue weighted by Gasteiger charge is 2.35. The van der Waals surface area contributed by atoms with E-state index in [1.807, 2.05) is 22.8 Å². The van der Waals surface area contributed by atoms with Crippen molar-refractivity contribution < 1.29 is 18.7 Å². The molecule has 2 atom stereocenters. The Kier molecular flexibility index (Phi) is 7.48. The number of ether oxygens (including phenoxy) is 1. The lowest BCUT2D eigenvalue weighted by atomic mass is 9.83. The highest BCUT2D eigenvalue weighted by Crippen LogP contribution is 2.39. The molecule has 2 amide bonds. The Morgan fingerprint density at radius 1 is 0.905 bits per heavy atom. The van der Waals surface area contributed by atoms with Crippen LogP contribution in [0.1, 0.15) is 44.3 Å². The molecule has 2 N–H and O–H groups in total. The minimum absolute atomic E-state index is 0.0269. The minimum Gasteiger partial charge on any atom is -0.497 e. The second-order valence-electron chi connectivity index (χ2n) is 10.8. The van der Waals surface area contributed by atoms with Crippen molar-refractivity contribution >= 4 is 23.2 Å². The number of fused-ring (bicyclic) bond motifs is 4. The van der Waals surface area contributed by atoms with Crippen LogP contribution in [-0.2, 0) is 13.1 Å². The molecule has 3 aromatic carbocycles. The lowest BCUT2D eigenvalue weighted by Crippen LogP contribution is -2.47. The zero-order valence-electron chi connectivity index (χ0n) is 23.2. The summed E-state index contributed by atoms with van der Waals surface area (Å²) in [6, 6.07) is 23.5. The molecule has 42 heavy (non-hydrogen) atoms. The van der Waals surface area contributed by atoms with Gasteiger partial charge in [-0.05, 0) is 78.6 Å². The number of aromatic nitrogens is 1. The van der Waals surface area contributed by atoms with Crippen LogP contribution in [0.5, 0.6) is 5.75 Å². The van der Waals surface area contributed by atoms with Gasteiger partial charge in [-0.1, -0.05) is 18.2 Å². The maximum atomic E-state index is 13.3. The number of anilines is 2. The van der Waals surface area contributed by atoms with E-state index >= 15 is 0 Å². The number of carbonyl (C=O) groups excluding carboxylic acids is 2. The average Bonchev–Trinajstić information content (AvgIpc) is 3.01. The van der Waals surface area contributed by atoms with E-state index in [-0.39, 0.29) is 41.6 Å². The molecular formula is C33H31FN4O4. The van der Waals surface area contributed by atoms with Crippen LogP contribution in [0, 0.1) is 11.7 Å². The van der Waals surface area contributed by atoms with Gasteiger partial charge in [-0.25, -0.2) is 4.39 Å². The quantitative estimate of drug-likeness (QED) is 0.335. The predicted octanol–water partition coefficient (Wildman–Crippen LogP) is 4.80. The molecule has 0 spiro atoms. The van der Waals surface area contributed by atoms with Crippen LogP contribution >= 0.6 is 0 Å².